The predicted molar refractivity (Wildman–Crippen MR) is 160 cm³/mol. The van der Waals surface area contributed by atoms with Crippen molar-refractivity contribution in [2.24, 2.45) is 0 Å². The summed E-state index contributed by atoms with van der Waals surface area (Å²) in [5.41, 5.74) is 4.43. The smallest absolute Gasteiger partial charge is 0.414 e. The van der Waals surface area contributed by atoms with Gasteiger partial charge >= 0.3 is 6.09 Å². The molecule has 210 valence electrons. The summed E-state index contributed by atoms with van der Waals surface area (Å²) in [6, 6.07) is 21.9. The number of methoxy groups -OCH3 is 1. The first kappa shape index (κ1) is 28.3. The second-order valence-electron chi connectivity index (χ2n) is 9.62. The van der Waals surface area contributed by atoms with Gasteiger partial charge in [0.15, 0.2) is 0 Å². The number of carbonyl (C=O) groups excluding carboxylic acids is 2. The predicted octanol–water partition coefficient (Wildman–Crippen LogP) is 6.94. The Morgan fingerprint density at radius 1 is 1.02 bits per heavy atom. The molecule has 0 radical (unpaired) electrons. The van der Waals surface area contributed by atoms with E-state index >= 15 is 0 Å². The van der Waals surface area contributed by atoms with E-state index in [4.69, 9.17) is 37.8 Å². The fourth-order valence-corrected chi connectivity index (χ4v) is 5.18. The Morgan fingerprint density at radius 3 is 2.41 bits per heavy atom. The second kappa shape index (κ2) is 12.1. The molecular formula is C31H28Cl2N4O4. The standard InChI is InChI=1S/C31H28Cl2N4O4/c1-19(22-7-5-4-6-8-22)34-31(39)41-30-26-18-36(20(2)38)17-23(15-21-9-12-25(40-3)13-10-21)29(26)37(35-30)28-14-11-24(32)16-27(28)33/h4-16,19H,17-18H2,1-3H3,(H,34,39)/b23-15+/t19-/m1/s1. The molecule has 0 aliphatic carbocycles. The van der Waals surface area contributed by atoms with E-state index in [1.165, 1.54) is 6.92 Å². The highest BCUT2D eigenvalue weighted by atomic mass is 35.5. The Hall–Kier alpha value is -4.27. The molecule has 1 atom stereocenters. The van der Waals surface area contributed by atoms with Gasteiger partial charge in [-0.2, -0.15) is 0 Å². The van der Waals surface area contributed by atoms with Crippen molar-refractivity contribution in [3.05, 3.63) is 105 Å². The number of nitrogens with one attached hydrogen (secondary N) is 1. The van der Waals surface area contributed by atoms with Crippen LogP contribution in [0.3, 0.4) is 0 Å². The lowest BCUT2D eigenvalue weighted by molar-refractivity contribution is -0.128. The maximum Gasteiger partial charge on any atom is 0.414 e. The molecule has 5 rings (SSSR count). The van der Waals surface area contributed by atoms with Crippen LogP contribution < -0.4 is 14.8 Å². The summed E-state index contributed by atoms with van der Waals surface area (Å²) in [5.74, 6) is 0.684. The van der Waals surface area contributed by atoms with Crippen LogP contribution >= 0.6 is 23.2 Å². The fourth-order valence-electron chi connectivity index (χ4n) is 4.70. The van der Waals surface area contributed by atoms with E-state index in [0.717, 1.165) is 22.4 Å². The molecule has 1 aliphatic heterocycles. The third-order valence-electron chi connectivity index (χ3n) is 6.82. The zero-order valence-electron chi connectivity index (χ0n) is 22.7. The van der Waals surface area contributed by atoms with Gasteiger partial charge < -0.3 is 19.7 Å². The fraction of sp³-hybridized carbons (Fsp3) is 0.194. The van der Waals surface area contributed by atoms with E-state index in [1.54, 1.807) is 34.9 Å². The average Bonchev–Trinajstić information content (AvgIpc) is 3.31. The number of hydrogen-bond acceptors (Lipinski definition) is 5. The average molecular weight is 591 g/mol. The van der Waals surface area contributed by atoms with Crippen LogP contribution in [-0.4, -0.2) is 40.3 Å². The number of carbonyl (C=O) groups is 2. The first-order chi connectivity index (χ1) is 19.7. The quantitative estimate of drug-likeness (QED) is 0.263. The molecule has 1 N–H and O–H groups in total. The number of fused-ring (bicyclic) bond motifs is 1. The Balaban J connectivity index is 1.60. The van der Waals surface area contributed by atoms with E-state index in [0.29, 0.717) is 33.5 Å². The number of nitrogens with zero attached hydrogens (tertiary/aromatic N) is 3. The number of aromatic nitrogens is 2. The van der Waals surface area contributed by atoms with Crippen LogP contribution in [0.2, 0.25) is 10.0 Å². The summed E-state index contributed by atoms with van der Waals surface area (Å²) in [5, 5.41) is 8.39. The Kier molecular flexibility index (Phi) is 8.33. The van der Waals surface area contributed by atoms with Crippen LogP contribution in [0.25, 0.3) is 17.3 Å². The molecule has 0 unspecified atom stereocenters. The topological polar surface area (TPSA) is 85.7 Å². The number of ether oxygens (including phenoxy) is 2. The molecule has 1 aliphatic rings. The molecule has 1 aromatic heterocycles. The molecule has 2 heterocycles. The Labute approximate surface area is 248 Å². The SMILES string of the molecule is COc1ccc(/C=C2\CN(C(C)=O)Cc3c(OC(=O)N[C@H](C)c4ccccc4)nn(-c4ccc(Cl)cc4Cl)c32)cc1. The van der Waals surface area contributed by atoms with Crippen LogP contribution in [0.15, 0.2) is 72.8 Å². The van der Waals surface area contributed by atoms with Gasteiger partial charge in [0.2, 0.25) is 11.8 Å². The van der Waals surface area contributed by atoms with Crippen molar-refractivity contribution in [2.75, 3.05) is 13.7 Å². The lowest BCUT2D eigenvalue weighted by Gasteiger charge is -2.29. The summed E-state index contributed by atoms with van der Waals surface area (Å²) < 4.78 is 12.7. The van der Waals surface area contributed by atoms with Crippen molar-refractivity contribution in [1.82, 2.24) is 20.0 Å². The van der Waals surface area contributed by atoms with E-state index in [-0.39, 0.29) is 24.4 Å². The molecule has 0 fully saturated rings. The zero-order valence-corrected chi connectivity index (χ0v) is 24.2. The van der Waals surface area contributed by atoms with Gasteiger partial charge in [-0.05, 0) is 60.0 Å². The molecule has 2 amide bonds. The summed E-state index contributed by atoms with van der Waals surface area (Å²) in [6.45, 7) is 3.89. The van der Waals surface area contributed by atoms with Crippen molar-refractivity contribution in [1.29, 1.82) is 0 Å². The molecule has 0 saturated carbocycles. The Morgan fingerprint density at radius 2 is 1.76 bits per heavy atom. The van der Waals surface area contributed by atoms with E-state index in [9.17, 15) is 9.59 Å². The van der Waals surface area contributed by atoms with Crippen LogP contribution in [0.5, 0.6) is 11.6 Å². The highest BCUT2D eigenvalue weighted by Crippen LogP contribution is 2.38. The summed E-state index contributed by atoms with van der Waals surface area (Å²) in [4.78, 5) is 27.3. The minimum Gasteiger partial charge on any atom is -0.497 e. The minimum absolute atomic E-state index is 0.0790. The van der Waals surface area contributed by atoms with E-state index in [1.807, 2.05) is 67.6 Å². The Bertz CT molecular complexity index is 1620. The van der Waals surface area contributed by atoms with Crippen molar-refractivity contribution < 1.29 is 19.1 Å². The lowest BCUT2D eigenvalue weighted by Crippen LogP contribution is -2.34. The zero-order chi connectivity index (χ0) is 29.1. The summed E-state index contributed by atoms with van der Waals surface area (Å²) in [7, 11) is 1.61. The van der Waals surface area contributed by atoms with Gasteiger partial charge in [0.05, 0.1) is 41.7 Å². The van der Waals surface area contributed by atoms with E-state index in [2.05, 4.69) is 5.32 Å². The summed E-state index contributed by atoms with van der Waals surface area (Å²) in [6.07, 6.45) is 1.30. The van der Waals surface area contributed by atoms with Crippen LogP contribution in [-0.2, 0) is 11.3 Å². The van der Waals surface area contributed by atoms with Crippen LogP contribution in [0.4, 0.5) is 4.79 Å². The summed E-state index contributed by atoms with van der Waals surface area (Å²) >= 11 is 12.8. The van der Waals surface area contributed by atoms with Gasteiger partial charge in [0, 0.05) is 18.5 Å². The first-order valence-corrected chi connectivity index (χ1v) is 13.7. The van der Waals surface area contributed by atoms with Crippen molar-refractivity contribution >= 4 is 46.9 Å². The number of halogens is 2. The molecular weight excluding hydrogens is 563 g/mol. The number of amides is 2. The normalized spacial score (nSPS) is 14.4. The number of rotatable bonds is 6. The maximum absolute atomic E-state index is 13.1. The minimum atomic E-state index is -0.670. The van der Waals surface area contributed by atoms with Crippen LogP contribution in [0.1, 0.15) is 42.3 Å². The highest BCUT2D eigenvalue weighted by Gasteiger charge is 2.32. The number of hydrogen-bond donors (Lipinski definition) is 1. The monoisotopic (exact) mass is 590 g/mol. The van der Waals surface area contributed by atoms with Crippen molar-refractivity contribution in [3.63, 3.8) is 0 Å². The van der Waals surface area contributed by atoms with E-state index < -0.39 is 6.09 Å². The maximum atomic E-state index is 13.1. The third kappa shape index (κ3) is 6.24. The van der Waals surface area contributed by atoms with Gasteiger partial charge in [-0.1, -0.05) is 65.7 Å². The molecule has 10 heteroatoms. The first-order valence-electron chi connectivity index (χ1n) is 12.9. The lowest BCUT2D eigenvalue weighted by atomic mass is 9.99. The van der Waals surface area contributed by atoms with Gasteiger partial charge in [-0.25, -0.2) is 9.48 Å². The third-order valence-corrected chi connectivity index (χ3v) is 7.36. The molecule has 3 aromatic carbocycles. The van der Waals surface area contributed by atoms with Crippen molar-refractivity contribution in [2.45, 2.75) is 26.4 Å². The number of benzene rings is 3. The molecule has 0 bridgehead atoms. The van der Waals surface area contributed by atoms with Crippen molar-refractivity contribution in [3.8, 4) is 17.3 Å². The van der Waals surface area contributed by atoms with Gasteiger partial charge in [0.25, 0.3) is 0 Å². The van der Waals surface area contributed by atoms with Crippen LogP contribution in [0, 0.1) is 0 Å². The molecule has 0 saturated heterocycles. The molecule has 41 heavy (non-hydrogen) atoms. The highest BCUT2D eigenvalue weighted by molar-refractivity contribution is 6.35. The largest absolute Gasteiger partial charge is 0.497 e. The second-order valence-corrected chi connectivity index (χ2v) is 10.5. The van der Waals surface area contributed by atoms with Gasteiger partial charge in [-0.15, -0.1) is 5.10 Å². The van der Waals surface area contributed by atoms with Gasteiger partial charge in [-0.3, -0.25) is 4.79 Å². The molecule has 8 nitrogen and oxygen atoms in total. The molecule has 4 aromatic rings. The molecule has 0 spiro atoms. The van der Waals surface area contributed by atoms with Gasteiger partial charge in [0.1, 0.15) is 5.75 Å².